The Morgan fingerprint density at radius 3 is 2.59 bits per heavy atom. The van der Waals surface area contributed by atoms with E-state index < -0.39 is 10.0 Å². The summed E-state index contributed by atoms with van der Waals surface area (Å²) in [6, 6.07) is 13.3. The fourth-order valence-corrected chi connectivity index (χ4v) is 5.09. The number of carbonyl (C=O) groups is 1. The third-order valence-electron chi connectivity index (χ3n) is 5.53. The van der Waals surface area contributed by atoms with E-state index in [1.165, 1.54) is 27.3 Å². The third-order valence-corrected chi connectivity index (χ3v) is 7.42. The summed E-state index contributed by atoms with van der Waals surface area (Å²) in [5.41, 5.74) is 0.800. The Morgan fingerprint density at radius 2 is 1.81 bits per heavy atom. The summed E-state index contributed by atoms with van der Waals surface area (Å²) >= 11 is 0. The molecule has 1 amide bonds. The minimum atomic E-state index is -3.62. The van der Waals surface area contributed by atoms with Gasteiger partial charge in [-0.05, 0) is 37.4 Å². The number of nitrogens with zero attached hydrogens (tertiary/aromatic N) is 4. The number of nitrogens with one attached hydrogen (secondary N) is 1. The highest BCUT2D eigenvalue weighted by atomic mass is 32.2. The number of hydrogen-bond acceptors (Lipinski definition) is 6. The molecule has 1 N–H and O–H groups in total. The van der Waals surface area contributed by atoms with E-state index in [-0.39, 0.29) is 29.3 Å². The zero-order chi connectivity index (χ0) is 22.7. The molecule has 1 saturated heterocycles. The minimum absolute atomic E-state index is 0.0510. The first-order valence-corrected chi connectivity index (χ1v) is 11.8. The third kappa shape index (κ3) is 4.72. The summed E-state index contributed by atoms with van der Waals surface area (Å²) in [7, 11) is -1.66. The van der Waals surface area contributed by atoms with Crippen LogP contribution in [0.3, 0.4) is 0 Å². The Labute approximate surface area is 186 Å². The van der Waals surface area contributed by atoms with Crippen molar-refractivity contribution in [1.29, 1.82) is 0 Å². The van der Waals surface area contributed by atoms with Crippen LogP contribution in [0.15, 0.2) is 64.5 Å². The lowest BCUT2D eigenvalue weighted by atomic mass is 10.2. The van der Waals surface area contributed by atoms with Gasteiger partial charge in [-0.1, -0.05) is 18.2 Å². The fraction of sp³-hybridized carbons (Fsp3) is 0.318. The molecule has 1 aliphatic rings. The van der Waals surface area contributed by atoms with Crippen LogP contribution in [0.5, 0.6) is 0 Å². The molecule has 0 unspecified atom stereocenters. The molecule has 0 aliphatic carbocycles. The molecule has 1 fully saturated rings. The van der Waals surface area contributed by atoms with Gasteiger partial charge in [-0.25, -0.2) is 13.4 Å². The van der Waals surface area contributed by atoms with Crippen molar-refractivity contribution in [2.75, 3.05) is 38.5 Å². The Hall–Kier alpha value is -3.08. The van der Waals surface area contributed by atoms with E-state index in [1.807, 2.05) is 13.1 Å². The molecule has 1 aromatic heterocycles. The van der Waals surface area contributed by atoms with Gasteiger partial charge in [0.05, 0.1) is 22.1 Å². The van der Waals surface area contributed by atoms with E-state index in [9.17, 15) is 18.0 Å². The highest BCUT2D eigenvalue weighted by Crippen LogP contribution is 2.21. The van der Waals surface area contributed by atoms with Crippen LogP contribution in [-0.4, -0.2) is 66.3 Å². The molecule has 9 nitrogen and oxygen atoms in total. The van der Waals surface area contributed by atoms with Crippen LogP contribution in [0.4, 0.5) is 5.69 Å². The van der Waals surface area contributed by atoms with Gasteiger partial charge in [-0.2, -0.15) is 4.31 Å². The number of benzene rings is 2. The SMILES string of the molecule is CN1CCN(S(=O)(=O)c2cccc(NC(=O)CCn3cnc4ccccc4c3=O)c2)CC1. The average molecular weight is 456 g/mol. The molecule has 168 valence electrons. The number of piperazine rings is 1. The molecular formula is C22H25N5O4S. The number of hydrogen-bond donors (Lipinski definition) is 1. The highest BCUT2D eigenvalue weighted by Gasteiger charge is 2.27. The normalized spacial score (nSPS) is 15.7. The van der Waals surface area contributed by atoms with E-state index in [1.54, 1.807) is 30.3 Å². The van der Waals surface area contributed by atoms with E-state index in [2.05, 4.69) is 15.2 Å². The summed E-state index contributed by atoms with van der Waals surface area (Å²) in [4.78, 5) is 31.5. The van der Waals surface area contributed by atoms with Gasteiger partial charge < -0.3 is 10.2 Å². The minimum Gasteiger partial charge on any atom is -0.326 e. The summed E-state index contributed by atoms with van der Waals surface area (Å²) in [6.07, 6.45) is 1.48. The van der Waals surface area contributed by atoms with Crippen molar-refractivity contribution in [1.82, 2.24) is 18.8 Å². The Bertz CT molecular complexity index is 1300. The van der Waals surface area contributed by atoms with Crippen molar-refractivity contribution in [3.05, 3.63) is 65.2 Å². The van der Waals surface area contributed by atoms with Crippen LogP contribution in [-0.2, 0) is 21.4 Å². The number of carbonyl (C=O) groups excluding carboxylic acids is 1. The lowest BCUT2D eigenvalue weighted by Crippen LogP contribution is -2.47. The van der Waals surface area contributed by atoms with Gasteiger partial charge in [0.15, 0.2) is 0 Å². The number of amides is 1. The van der Waals surface area contributed by atoms with Crippen molar-refractivity contribution < 1.29 is 13.2 Å². The van der Waals surface area contributed by atoms with Gasteiger partial charge in [0, 0.05) is 44.8 Å². The van der Waals surface area contributed by atoms with Crippen LogP contribution >= 0.6 is 0 Å². The second kappa shape index (κ2) is 9.19. The molecule has 0 bridgehead atoms. The zero-order valence-electron chi connectivity index (χ0n) is 17.8. The summed E-state index contributed by atoms with van der Waals surface area (Å²) < 4.78 is 28.7. The Balaban J connectivity index is 1.42. The number of fused-ring (bicyclic) bond motifs is 1. The van der Waals surface area contributed by atoms with Crippen molar-refractivity contribution in [3.63, 3.8) is 0 Å². The molecule has 10 heteroatoms. The molecule has 3 aromatic rings. The van der Waals surface area contributed by atoms with Crippen molar-refractivity contribution in [3.8, 4) is 0 Å². The molecule has 2 heterocycles. The van der Waals surface area contributed by atoms with Crippen LogP contribution in [0, 0.1) is 0 Å². The van der Waals surface area contributed by atoms with Gasteiger partial charge in [0.25, 0.3) is 5.56 Å². The highest BCUT2D eigenvalue weighted by molar-refractivity contribution is 7.89. The number of aromatic nitrogens is 2. The van der Waals surface area contributed by atoms with Gasteiger partial charge in [0.1, 0.15) is 0 Å². The topological polar surface area (TPSA) is 105 Å². The predicted octanol–water partition coefficient (Wildman–Crippen LogP) is 1.36. The number of anilines is 1. The monoisotopic (exact) mass is 455 g/mol. The van der Waals surface area contributed by atoms with Crippen LogP contribution in [0.2, 0.25) is 0 Å². The average Bonchev–Trinajstić information content (AvgIpc) is 2.79. The maximum absolute atomic E-state index is 12.9. The predicted molar refractivity (Wildman–Crippen MR) is 122 cm³/mol. The molecule has 0 saturated carbocycles. The number of sulfonamides is 1. The lowest BCUT2D eigenvalue weighted by Gasteiger charge is -2.31. The molecule has 2 aromatic carbocycles. The molecular weight excluding hydrogens is 430 g/mol. The Morgan fingerprint density at radius 1 is 1.06 bits per heavy atom. The molecule has 0 radical (unpaired) electrons. The second-order valence-electron chi connectivity index (χ2n) is 7.79. The standard InChI is InChI=1S/C22H25N5O4S/c1-25-11-13-27(14-12-25)32(30,31)18-6-4-5-17(15-18)24-21(28)9-10-26-16-23-20-8-3-2-7-19(20)22(26)29/h2-8,15-16H,9-14H2,1H3,(H,24,28). The largest absolute Gasteiger partial charge is 0.326 e. The summed E-state index contributed by atoms with van der Waals surface area (Å²) in [5, 5.41) is 3.22. The maximum atomic E-state index is 12.9. The van der Waals surface area contributed by atoms with Crippen LogP contribution in [0.25, 0.3) is 10.9 Å². The maximum Gasteiger partial charge on any atom is 0.261 e. The van der Waals surface area contributed by atoms with Crippen LogP contribution < -0.4 is 10.9 Å². The van der Waals surface area contributed by atoms with Crippen molar-refractivity contribution in [2.24, 2.45) is 0 Å². The van der Waals surface area contributed by atoms with E-state index in [0.717, 1.165) is 0 Å². The number of likely N-dealkylation sites (N-methyl/N-ethyl adjacent to an activating group) is 1. The van der Waals surface area contributed by atoms with Crippen molar-refractivity contribution >= 4 is 32.5 Å². The zero-order valence-corrected chi connectivity index (χ0v) is 18.6. The number of aryl methyl sites for hydroxylation is 1. The molecule has 4 rings (SSSR count). The first-order valence-electron chi connectivity index (χ1n) is 10.4. The number of para-hydroxylation sites is 1. The molecule has 0 atom stereocenters. The quantitative estimate of drug-likeness (QED) is 0.602. The number of rotatable bonds is 6. The molecule has 32 heavy (non-hydrogen) atoms. The van der Waals surface area contributed by atoms with Crippen LogP contribution in [0.1, 0.15) is 6.42 Å². The smallest absolute Gasteiger partial charge is 0.261 e. The fourth-order valence-electron chi connectivity index (χ4n) is 3.62. The van der Waals surface area contributed by atoms with E-state index in [0.29, 0.717) is 42.8 Å². The van der Waals surface area contributed by atoms with Gasteiger partial charge >= 0.3 is 0 Å². The van der Waals surface area contributed by atoms with Gasteiger partial charge in [-0.15, -0.1) is 0 Å². The summed E-state index contributed by atoms with van der Waals surface area (Å²) in [6.45, 7) is 2.40. The Kier molecular flexibility index (Phi) is 6.35. The molecule has 0 spiro atoms. The first-order chi connectivity index (χ1) is 15.3. The first kappa shape index (κ1) is 22.1. The van der Waals surface area contributed by atoms with E-state index in [4.69, 9.17) is 0 Å². The van der Waals surface area contributed by atoms with Gasteiger partial charge in [0.2, 0.25) is 15.9 Å². The summed E-state index contributed by atoms with van der Waals surface area (Å²) in [5.74, 6) is -0.320. The second-order valence-corrected chi connectivity index (χ2v) is 9.73. The van der Waals surface area contributed by atoms with E-state index >= 15 is 0 Å². The molecule has 1 aliphatic heterocycles. The van der Waals surface area contributed by atoms with Gasteiger partial charge in [-0.3, -0.25) is 14.2 Å². The lowest BCUT2D eigenvalue weighted by molar-refractivity contribution is -0.116. The van der Waals surface area contributed by atoms with Crippen molar-refractivity contribution in [2.45, 2.75) is 17.9 Å².